The number of hydrogen-bond acceptors (Lipinski definition) is 11. The van der Waals surface area contributed by atoms with E-state index in [-0.39, 0.29) is 6.61 Å². The highest BCUT2D eigenvalue weighted by Gasteiger charge is 2.52. The molecule has 0 radical (unpaired) electrons. The molecule has 186 valence electrons. The largest absolute Gasteiger partial charge is 0.463 e. The van der Waals surface area contributed by atoms with Gasteiger partial charge in [-0.2, -0.15) is 0 Å². The Morgan fingerprint density at radius 2 is 1.38 bits per heavy atom. The average molecular weight is 481 g/mol. The Kier molecular flexibility index (Phi) is 9.80. The molecule has 1 aliphatic heterocycles. The van der Waals surface area contributed by atoms with Crippen LogP contribution < -0.4 is 5.32 Å². The van der Waals surface area contributed by atoms with E-state index in [0.717, 1.165) is 27.7 Å². The van der Waals surface area contributed by atoms with Gasteiger partial charge in [0, 0.05) is 27.7 Å². The molecule has 0 unspecified atom stereocenters. The van der Waals surface area contributed by atoms with E-state index in [1.165, 1.54) is 0 Å². The van der Waals surface area contributed by atoms with E-state index >= 15 is 0 Å². The lowest BCUT2D eigenvalue weighted by Crippen LogP contribution is -2.67. The smallest absolute Gasteiger partial charge is 0.408 e. The number of nitrogens with one attached hydrogen (secondary N) is 1. The minimum atomic E-state index is -1.49. The lowest BCUT2D eigenvalue weighted by molar-refractivity contribution is -0.270. The molecule has 0 bridgehead atoms. The minimum absolute atomic E-state index is 0.0703. The van der Waals surface area contributed by atoms with Crippen molar-refractivity contribution in [2.75, 3.05) is 6.61 Å². The van der Waals surface area contributed by atoms with Gasteiger partial charge in [-0.05, 0) is 5.56 Å². The van der Waals surface area contributed by atoms with Crippen LogP contribution in [0.5, 0.6) is 0 Å². The molecule has 0 aliphatic carbocycles. The predicted molar refractivity (Wildman–Crippen MR) is 112 cm³/mol. The van der Waals surface area contributed by atoms with Gasteiger partial charge in [-0.1, -0.05) is 30.3 Å². The normalized spacial score (nSPS) is 23.7. The molecule has 12 heteroatoms. The number of esters is 4. The topological polar surface area (TPSA) is 153 Å². The van der Waals surface area contributed by atoms with Crippen LogP contribution in [0.3, 0.4) is 0 Å². The van der Waals surface area contributed by atoms with Crippen LogP contribution in [0.2, 0.25) is 0 Å². The van der Waals surface area contributed by atoms with Crippen LogP contribution in [0.15, 0.2) is 30.3 Å². The van der Waals surface area contributed by atoms with Crippen LogP contribution in [0.25, 0.3) is 0 Å². The standard InChI is InChI=1S/C22H27NO11/c1-12(24)29-11-17-19(31-13(2)25)20(32-14(3)26)18(21(34-17)33-15(4)27)23-22(28)30-10-16-8-6-5-7-9-16/h5-9,17-21H,10-11H2,1-4H3,(H,23,28)/t17-,18-,19+,20+,21+/m0/s1. The van der Waals surface area contributed by atoms with Gasteiger partial charge in [0.15, 0.2) is 12.2 Å². The maximum absolute atomic E-state index is 12.5. The molecule has 2 rings (SSSR count). The Labute approximate surface area is 195 Å². The minimum Gasteiger partial charge on any atom is -0.463 e. The van der Waals surface area contributed by atoms with Crippen LogP contribution >= 0.6 is 0 Å². The Bertz CT molecular complexity index is 888. The van der Waals surface area contributed by atoms with Gasteiger partial charge in [0.1, 0.15) is 25.4 Å². The summed E-state index contributed by atoms with van der Waals surface area (Å²) in [5.41, 5.74) is 0.713. The lowest BCUT2D eigenvalue weighted by Gasteiger charge is -2.44. The Balaban J connectivity index is 2.30. The molecule has 1 saturated heterocycles. The van der Waals surface area contributed by atoms with Crippen molar-refractivity contribution in [1.82, 2.24) is 5.32 Å². The van der Waals surface area contributed by atoms with E-state index in [1.807, 2.05) is 0 Å². The van der Waals surface area contributed by atoms with Crippen molar-refractivity contribution in [3.8, 4) is 0 Å². The lowest BCUT2D eigenvalue weighted by atomic mass is 9.96. The van der Waals surface area contributed by atoms with Crippen LogP contribution in [-0.4, -0.2) is 67.2 Å². The maximum Gasteiger partial charge on any atom is 0.408 e. The fourth-order valence-corrected chi connectivity index (χ4v) is 3.22. The van der Waals surface area contributed by atoms with Crippen molar-refractivity contribution in [3.05, 3.63) is 35.9 Å². The summed E-state index contributed by atoms with van der Waals surface area (Å²) in [6.45, 7) is 4.00. The highest BCUT2D eigenvalue weighted by molar-refractivity contribution is 5.70. The molecule has 12 nitrogen and oxygen atoms in total. The summed E-state index contributed by atoms with van der Waals surface area (Å²) < 4.78 is 31.6. The van der Waals surface area contributed by atoms with Gasteiger partial charge in [0.25, 0.3) is 0 Å². The predicted octanol–water partition coefficient (Wildman–Crippen LogP) is 0.996. The second-order valence-electron chi connectivity index (χ2n) is 7.33. The Morgan fingerprint density at radius 1 is 0.794 bits per heavy atom. The molecule has 1 aliphatic rings. The van der Waals surface area contributed by atoms with Crippen molar-refractivity contribution in [3.63, 3.8) is 0 Å². The maximum atomic E-state index is 12.5. The number of carbonyl (C=O) groups excluding carboxylic acids is 5. The quantitative estimate of drug-likeness (QED) is 0.418. The summed E-state index contributed by atoms with van der Waals surface area (Å²) in [5.74, 6) is -2.95. The number of rotatable bonds is 8. The van der Waals surface area contributed by atoms with E-state index in [0.29, 0.717) is 5.56 Å². The molecule has 1 aromatic carbocycles. The van der Waals surface area contributed by atoms with E-state index in [2.05, 4.69) is 5.32 Å². The first-order chi connectivity index (χ1) is 16.1. The average Bonchev–Trinajstić information content (AvgIpc) is 2.74. The molecule has 5 atom stereocenters. The van der Waals surface area contributed by atoms with Gasteiger partial charge in [0.05, 0.1) is 0 Å². The Hall–Kier alpha value is -3.67. The molecule has 0 saturated carbocycles. The SMILES string of the molecule is CC(=O)OC[C@@H]1O[C@@H](OC(C)=O)[C@@H](NC(=O)OCc2ccccc2)[C@@H](OC(C)=O)[C@@H]1OC(C)=O. The number of ether oxygens (including phenoxy) is 6. The molecule has 0 aromatic heterocycles. The molecular formula is C22H27NO11. The number of benzene rings is 1. The molecule has 1 heterocycles. The van der Waals surface area contributed by atoms with Crippen LogP contribution in [-0.2, 0) is 54.2 Å². The van der Waals surface area contributed by atoms with Crippen LogP contribution in [0, 0.1) is 0 Å². The van der Waals surface area contributed by atoms with Gasteiger partial charge in [-0.25, -0.2) is 4.79 Å². The Morgan fingerprint density at radius 3 is 1.94 bits per heavy atom. The third-order valence-corrected chi connectivity index (χ3v) is 4.48. The highest BCUT2D eigenvalue weighted by atomic mass is 16.7. The molecular weight excluding hydrogens is 454 g/mol. The van der Waals surface area contributed by atoms with E-state index < -0.39 is 67.2 Å². The van der Waals surface area contributed by atoms with Gasteiger partial charge in [-0.15, -0.1) is 0 Å². The molecule has 1 N–H and O–H groups in total. The monoisotopic (exact) mass is 481 g/mol. The first kappa shape index (κ1) is 26.6. The van der Waals surface area contributed by atoms with Gasteiger partial charge < -0.3 is 33.7 Å². The second-order valence-corrected chi connectivity index (χ2v) is 7.33. The summed E-state index contributed by atoms with van der Waals surface area (Å²) >= 11 is 0. The first-order valence-electron chi connectivity index (χ1n) is 10.3. The summed E-state index contributed by atoms with van der Waals surface area (Å²) in [7, 11) is 0. The summed E-state index contributed by atoms with van der Waals surface area (Å²) in [6.07, 6.45) is -6.29. The van der Waals surface area contributed by atoms with Crippen LogP contribution in [0.4, 0.5) is 4.79 Å². The van der Waals surface area contributed by atoms with E-state index in [4.69, 9.17) is 28.4 Å². The number of alkyl carbamates (subject to hydrolysis) is 1. The number of carbonyl (C=O) groups is 5. The molecule has 34 heavy (non-hydrogen) atoms. The zero-order valence-corrected chi connectivity index (χ0v) is 19.2. The van der Waals surface area contributed by atoms with Gasteiger partial charge in [-0.3, -0.25) is 19.2 Å². The fraction of sp³-hybridized carbons (Fsp3) is 0.500. The van der Waals surface area contributed by atoms with Gasteiger partial charge in [0.2, 0.25) is 6.29 Å². The van der Waals surface area contributed by atoms with Crippen molar-refractivity contribution in [2.24, 2.45) is 0 Å². The fourth-order valence-electron chi connectivity index (χ4n) is 3.22. The van der Waals surface area contributed by atoms with E-state index in [9.17, 15) is 24.0 Å². The zero-order chi connectivity index (χ0) is 25.3. The summed E-state index contributed by atoms with van der Waals surface area (Å²) in [5, 5.41) is 2.45. The van der Waals surface area contributed by atoms with Crippen molar-refractivity contribution in [1.29, 1.82) is 0 Å². The van der Waals surface area contributed by atoms with Crippen molar-refractivity contribution in [2.45, 2.75) is 64.9 Å². The molecule has 0 spiro atoms. The second kappa shape index (κ2) is 12.5. The first-order valence-corrected chi connectivity index (χ1v) is 10.3. The van der Waals surface area contributed by atoms with Crippen LogP contribution in [0.1, 0.15) is 33.3 Å². The van der Waals surface area contributed by atoms with Gasteiger partial charge >= 0.3 is 30.0 Å². The van der Waals surface area contributed by atoms with Crippen molar-refractivity contribution < 1.29 is 52.4 Å². The zero-order valence-electron chi connectivity index (χ0n) is 19.2. The van der Waals surface area contributed by atoms with E-state index in [1.54, 1.807) is 30.3 Å². The summed E-state index contributed by atoms with van der Waals surface area (Å²) in [4.78, 5) is 59.1. The highest BCUT2D eigenvalue weighted by Crippen LogP contribution is 2.28. The summed E-state index contributed by atoms with van der Waals surface area (Å²) in [6, 6.07) is 7.51. The number of amides is 1. The third-order valence-electron chi connectivity index (χ3n) is 4.48. The van der Waals surface area contributed by atoms with Crippen molar-refractivity contribution >= 4 is 30.0 Å². The molecule has 1 amide bonds. The number of hydrogen-bond donors (Lipinski definition) is 1. The molecule has 1 fully saturated rings. The molecule has 1 aromatic rings. The third kappa shape index (κ3) is 8.35.